The SMILES string of the molecule is CCCCC(=O)Nc1ccc(C(=O)Nc2ccc(C(N)=O)cc2OCC(C)C)cc1OCC(C)C. The largest absolute Gasteiger partial charge is 0.491 e. The van der Waals surface area contributed by atoms with Gasteiger partial charge in [-0.15, -0.1) is 0 Å². The lowest BCUT2D eigenvalue weighted by atomic mass is 10.1. The molecule has 8 nitrogen and oxygen atoms in total. The summed E-state index contributed by atoms with van der Waals surface area (Å²) in [4.78, 5) is 36.9. The second-order valence-electron chi connectivity index (χ2n) is 9.30. The molecule has 2 rings (SSSR count). The fourth-order valence-corrected chi connectivity index (χ4v) is 3.04. The Balaban J connectivity index is 2.29. The second kappa shape index (κ2) is 13.4. The number of amides is 3. The number of primary amides is 1. The minimum atomic E-state index is -0.583. The minimum Gasteiger partial charge on any atom is -0.491 e. The molecule has 0 aliphatic carbocycles. The van der Waals surface area contributed by atoms with E-state index >= 15 is 0 Å². The molecule has 4 N–H and O–H groups in total. The maximum atomic E-state index is 13.1. The summed E-state index contributed by atoms with van der Waals surface area (Å²) in [5.74, 6) is 0.235. The molecule has 0 bridgehead atoms. The van der Waals surface area contributed by atoms with Crippen LogP contribution in [0.3, 0.4) is 0 Å². The zero-order chi connectivity index (χ0) is 26.0. The Morgan fingerprint density at radius 1 is 0.829 bits per heavy atom. The number of hydrogen-bond acceptors (Lipinski definition) is 5. The lowest BCUT2D eigenvalue weighted by molar-refractivity contribution is -0.116. The van der Waals surface area contributed by atoms with Gasteiger partial charge in [-0.1, -0.05) is 41.0 Å². The number of nitrogens with one attached hydrogen (secondary N) is 2. The first-order chi connectivity index (χ1) is 16.6. The van der Waals surface area contributed by atoms with E-state index in [0.717, 1.165) is 12.8 Å². The molecule has 3 amide bonds. The lowest BCUT2D eigenvalue weighted by Gasteiger charge is -2.17. The van der Waals surface area contributed by atoms with Gasteiger partial charge in [0.2, 0.25) is 11.8 Å². The Kier molecular flexibility index (Phi) is 10.6. The van der Waals surface area contributed by atoms with Crippen LogP contribution in [0.2, 0.25) is 0 Å². The number of anilines is 2. The van der Waals surface area contributed by atoms with Gasteiger partial charge in [0, 0.05) is 17.5 Å². The van der Waals surface area contributed by atoms with Gasteiger partial charge in [-0.05, 0) is 54.7 Å². The van der Waals surface area contributed by atoms with Gasteiger partial charge in [0.1, 0.15) is 11.5 Å². The van der Waals surface area contributed by atoms with E-state index in [1.54, 1.807) is 24.3 Å². The van der Waals surface area contributed by atoms with E-state index in [2.05, 4.69) is 10.6 Å². The maximum Gasteiger partial charge on any atom is 0.255 e. The molecule has 8 heteroatoms. The smallest absolute Gasteiger partial charge is 0.255 e. The van der Waals surface area contributed by atoms with Crippen LogP contribution in [0, 0.1) is 11.8 Å². The van der Waals surface area contributed by atoms with Crippen LogP contribution in [0.4, 0.5) is 11.4 Å². The van der Waals surface area contributed by atoms with Gasteiger partial charge in [-0.25, -0.2) is 0 Å². The van der Waals surface area contributed by atoms with Crippen LogP contribution in [0.5, 0.6) is 11.5 Å². The quantitative estimate of drug-likeness (QED) is 0.360. The third-order valence-corrected chi connectivity index (χ3v) is 4.93. The number of carbonyl (C=O) groups excluding carboxylic acids is 3. The molecule has 0 saturated heterocycles. The Bertz CT molecular complexity index is 1030. The molecule has 190 valence electrons. The number of rotatable bonds is 13. The predicted molar refractivity (Wildman–Crippen MR) is 138 cm³/mol. The molecule has 2 aromatic rings. The number of ether oxygens (including phenoxy) is 2. The lowest BCUT2D eigenvalue weighted by Crippen LogP contribution is -2.17. The fourth-order valence-electron chi connectivity index (χ4n) is 3.04. The molecule has 2 aromatic carbocycles. The summed E-state index contributed by atoms with van der Waals surface area (Å²) in [6, 6.07) is 9.55. The molecule has 0 aliphatic rings. The normalized spacial score (nSPS) is 10.8. The van der Waals surface area contributed by atoms with Crippen molar-refractivity contribution in [3.8, 4) is 11.5 Å². The number of benzene rings is 2. The van der Waals surface area contributed by atoms with E-state index in [4.69, 9.17) is 15.2 Å². The van der Waals surface area contributed by atoms with Crippen LogP contribution >= 0.6 is 0 Å². The van der Waals surface area contributed by atoms with Crippen LogP contribution in [-0.2, 0) is 4.79 Å². The van der Waals surface area contributed by atoms with Crippen LogP contribution in [0.25, 0.3) is 0 Å². The molecule has 0 unspecified atom stereocenters. The van der Waals surface area contributed by atoms with Gasteiger partial charge < -0.3 is 25.8 Å². The van der Waals surface area contributed by atoms with Gasteiger partial charge >= 0.3 is 0 Å². The molecular weight excluding hydrogens is 446 g/mol. The first-order valence-electron chi connectivity index (χ1n) is 12.0. The van der Waals surface area contributed by atoms with E-state index in [9.17, 15) is 14.4 Å². The third-order valence-electron chi connectivity index (χ3n) is 4.93. The minimum absolute atomic E-state index is 0.0973. The van der Waals surface area contributed by atoms with Crippen LogP contribution in [-0.4, -0.2) is 30.9 Å². The number of unbranched alkanes of at least 4 members (excludes halogenated alkanes) is 1. The van der Waals surface area contributed by atoms with Crippen molar-refractivity contribution >= 4 is 29.1 Å². The van der Waals surface area contributed by atoms with Crippen molar-refractivity contribution < 1.29 is 23.9 Å². The average Bonchev–Trinajstić information content (AvgIpc) is 2.80. The topological polar surface area (TPSA) is 120 Å². The molecule has 0 aromatic heterocycles. The Labute approximate surface area is 207 Å². The van der Waals surface area contributed by atoms with Crippen molar-refractivity contribution in [3.63, 3.8) is 0 Å². The average molecular weight is 484 g/mol. The highest BCUT2D eigenvalue weighted by molar-refractivity contribution is 6.06. The maximum absolute atomic E-state index is 13.1. The molecule has 0 saturated carbocycles. The highest BCUT2D eigenvalue weighted by atomic mass is 16.5. The fraction of sp³-hybridized carbons (Fsp3) is 0.444. The third kappa shape index (κ3) is 8.96. The first-order valence-corrected chi connectivity index (χ1v) is 12.0. The van der Waals surface area contributed by atoms with Crippen LogP contribution in [0.15, 0.2) is 36.4 Å². The van der Waals surface area contributed by atoms with Crippen molar-refractivity contribution in [1.82, 2.24) is 0 Å². The zero-order valence-electron chi connectivity index (χ0n) is 21.3. The molecule has 0 heterocycles. The van der Waals surface area contributed by atoms with Gasteiger partial charge in [0.05, 0.1) is 24.6 Å². The molecular formula is C27H37N3O5. The molecule has 0 spiro atoms. The highest BCUT2D eigenvalue weighted by Gasteiger charge is 2.16. The highest BCUT2D eigenvalue weighted by Crippen LogP contribution is 2.30. The second-order valence-corrected chi connectivity index (χ2v) is 9.30. The summed E-state index contributed by atoms with van der Waals surface area (Å²) in [5.41, 5.74) is 6.98. The number of nitrogens with two attached hydrogens (primary N) is 1. The first kappa shape index (κ1) is 27.7. The van der Waals surface area contributed by atoms with Crippen molar-refractivity contribution in [2.75, 3.05) is 23.8 Å². The summed E-state index contributed by atoms with van der Waals surface area (Å²) < 4.78 is 11.7. The van der Waals surface area contributed by atoms with Crippen molar-refractivity contribution in [2.45, 2.75) is 53.9 Å². The van der Waals surface area contributed by atoms with E-state index in [1.807, 2.05) is 34.6 Å². The van der Waals surface area contributed by atoms with Crippen molar-refractivity contribution in [2.24, 2.45) is 17.6 Å². The van der Waals surface area contributed by atoms with Gasteiger partial charge in [-0.2, -0.15) is 0 Å². The van der Waals surface area contributed by atoms with Crippen molar-refractivity contribution in [1.29, 1.82) is 0 Å². The summed E-state index contributed by atoms with van der Waals surface area (Å²) in [6.07, 6.45) is 2.14. The standard InChI is InChI=1S/C27H37N3O5/c1-6-7-8-25(31)29-21-12-10-20(14-24(21)35-16-18(4)5)27(33)30-22-11-9-19(26(28)32)13-23(22)34-15-17(2)3/h9-14,17-18H,6-8,15-16H2,1-5H3,(H2,28,32)(H,29,31)(H,30,33). The zero-order valence-corrected chi connectivity index (χ0v) is 21.3. The van der Waals surface area contributed by atoms with Gasteiger partial charge in [0.25, 0.3) is 5.91 Å². The van der Waals surface area contributed by atoms with E-state index < -0.39 is 5.91 Å². The van der Waals surface area contributed by atoms with E-state index in [-0.39, 0.29) is 29.2 Å². The van der Waals surface area contributed by atoms with Crippen LogP contribution < -0.4 is 25.8 Å². The molecule has 0 fully saturated rings. The summed E-state index contributed by atoms with van der Waals surface area (Å²) in [6.45, 7) is 10.9. The number of hydrogen-bond donors (Lipinski definition) is 3. The summed E-state index contributed by atoms with van der Waals surface area (Å²) >= 11 is 0. The predicted octanol–water partition coefficient (Wildman–Crippen LogP) is 5.24. The summed E-state index contributed by atoms with van der Waals surface area (Å²) in [5, 5.41) is 5.72. The molecule has 0 aliphatic heterocycles. The Morgan fingerprint density at radius 3 is 1.86 bits per heavy atom. The molecule has 35 heavy (non-hydrogen) atoms. The van der Waals surface area contributed by atoms with Gasteiger partial charge in [-0.3, -0.25) is 14.4 Å². The Morgan fingerprint density at radius 2 is 1.34 bits per heavy atom. The number of carbonyl (C=O) groups is 3. The molecule has 0 radical (unpaired) electrons. The van der Waals surface area contributed by atoms with E-state index in [1.165, 1.54) is 12.1 Å². The van der Waals surface area contributed by atoms with Gasteiger partial charge in [0.15, 0.2) is 0 Å². The molecule has 0 atom stereocenters. The monoisotopic (exact) mass is 483 g/mol. The van der Waals surface area contributed by atoms with E-state index in [0.29, 0.717) is 48.1 Å². The van der Waals surface area contributed by atoms with Crippen molar-refractivity contribution in [3.05, 3.63) is 47.5 Å². The Hall–Kier alpha value is -3.55. The summed E-state index contributed by atoms with van der Waals surface area (Å²) in [7, 11) is 0. The van der Waals surface area contributed by atoms with Crippen LogP contribution in [0.1, 0.15) is 74.6 Å².